The maximum atomic E-state index is 13.0. The van der Waals surface area contributed by atoms with E-state index in [1.165, 1.54) is 18.2 Å². The summed E-state index contributed by atoms with van der Waals surface area (Å²) in [5.74, 6) is -1.00. The number of nitrogens with two attached hydrogens (primary N) is 1. The van der Waals surface area contributed by atoms with Gasteiger partial charge in [-0.1, -0.05) is 12.1 Å². The first-order chi connectivity index (χ1) is 7.04. The molecule has 2 rings (SSSR count). The average Bonchev–Trinajstić information content (AvgIpc) is 2.12. The van der Waals surface area contributed by atoms with Crippen LogP contribution in [0.2, 0.25) is 0 Å². The molecular formula is C11H10FNO2. The Morgan fingerprint density at radius 3 is 2.53 bits per heavy atom. The second-order valence-corrected chi connectivity index (χ2v) is 3.85. The van der Waals surface area contributed by atoms with Crippen molar-refractivity contribution >= 4 is 11.7 Å². The molecule has 0 unspecified atom stereocenters. The molecule has 1 aliphatic rings. The van der Waals surface area contributed by atoms with Crippen LogP contribution in [-0.4, -0.2) is 11.7 Å². The molecule has 3 nitrogen and oxygen atoms in total. The molecular weight excluding hydrogens is 197 g/mol. The van der Waals surface area contributed by atoms with Gasteiger partial charge in [0, 0.05) is 12.8 Å². The molecule has 0 bridgehead atoms. The highest BCUT2D eigenvalue weighted by molar-refractivity contribution is 6.03. The standard InChI is InChI=1S/C11H10FNO2/c12-8-3-1-2-7(4-8)11(10(13)15)5-9(14)6-11/h1-4H,5-6H2,(H2,13,15). The minimum Gasteiger partial charge on any atom is -0.369 e. The van der Waals surface area contributed by atoms with Crippen LogP contribution >= 0.6 is 0 Å². The zero-order valence-electron chi connectivity index (χ0n) is 8.00. The highest BCUT2D eigenvalue weighted by Gasteiger charge is 2.49. The fourth-order valence-electron chi connectivity index (χ4n) is 1.93. The second kappa shape index (κ2) is 3.15. The monoisotopic (exact) mass is 207 g/mol. The van der Waals surface area contributed by atoms with Crippen LogP contribution in [0.25, 0.3) is 0 Å². The van der Waals surface area contributed by atoms with Crippen molar-refractivity contribution in [1.82, 2.24) is 0 Å². The number of hydrogen-bond donors (Lipinski definition) is 1. The van der Waals surface area contributed by atoms with Crippen LogP contribution in [0.5, 0.6) is 0 Å². The molecule has 1 aliphatic carbocycles. The predicted molar refractivity (Wildman–Crippen MR) is 51.5 cm³/mol. The summed E-state index contributed by atoms with van der Waals surface area (Å²) in [7, 11) is 0. The van der Waals surface area contributed by atoms with E-state index in [-0.39, 0.29) is 18.6 Å². The molecule has 0 spiro atoms. The van der Waals surface area contributed by atoms with Gasteiger partial charge in [0.05, 0.1) is 5.41 Å². The van der Waals surface area contributed by atoms with Gasteiger partial charge in [-0.25, -0.2) is 4.39 Å². The molecule has 1 aromatic carbocycles. The summed E-state index contributed by atoms with van der Waals surface area (Å²) in [5, 5.41) is 0. The number of Topliss-reactive ketones (excluding diaryl/α,β-unsaturated/α-hetero) is 1. The second-order valence-electron chi connectivity index (χ2n) is 3.85. The SMILES string of the molecule is NC(=O)C1(c2cccc(F)c2)CC(=O)C1. The molecule has 15 heavy (non-hydrogen) atoms. The highest BCUT2D eigenvalue weighted by Crippen LogP contribution is 2.41. The topological polar surface area (TPSA) is 60.2 Å². The smallest absolute Gasteiger partial charge is 0.228 e. The van der Waals surface area contributed by atoms with Crippen LogP contribution < -0.4 is 5.73 Å². The largest absolute Gasteiger partial charge is 0.369 e. The minimum atomic E-state index is -0.973. The number of primary amides is 1. The van der Waals surface area contributed by atoms with Gasteiger partial charge in [0.1, 0.15) is 11.6 Å². The molecule has 1 saturated carbocycles. The van der Waals surface area contributed by atoms with Crippen molar-refractivity contribution in [3.05, 3.63) is 35.6 Å². The van der Waals surface area contributed by atoms with Gasteiger partial charge in [-0.15, -0.1) is 0 Å². The van der Waals surface area contributed by atoms with Crippen molar-refractivity contribution in [3.63, 3.8) is 0 Å². The Kier molecular flexibility index (Phi) is 2.07. The van der Waals surface area contributed by atoms with Crippen molar-refractivity contribution in [3.8, 4) is 0 Å². The lowest BCUT2D eigenvalue weighted by Gasteiger charge is -2.37. The summed E-state index contributed by atoms with van der Waals surface area (Å²) < 4.78 is 13.0. The average molecular weight is 207 g/mol. The van der Waals surface area contributed by atoms with Gasteiger partial charge in [-0.05, 0) is 17.7 Å². The number of ketones is 1. The van der Waals surface area contributed by atoms with E-state index in [4.69, 9.17) is 5.73 Å². The van der Waals surface area contributed by atoms with E-state index in [1.807, 2.05) is 0 Å². The van der Waals surface area contributed by atoms with Gasteiger partial charge in [0.25, 0.3) is 0 Å². The first-order valence-corrected chi connectivity index (χ1v) is 4.62. The van der Waals surface area contributed by atoms with Gasteiger partial charge in [-0.3, -0.25) is 9.59 Å². The van der Waals surface area contributed by atoms with Crippen molar-refractivity contribution < 1.29 is 14.0 Å². The maximum Gasteiger partial charge on any atom is 0.228 e. The van der Waals surface area contributed by atoms with E-state index < -0.39 is 17.1 Å². The van der Waals surface area contributed by atoms with Gasteiger partial charge < -0.3 is 5.73 Å². The molecule has 0 aliphatic heterocycles. The molecule has 2 N–H and O–H groups in total. The number of halogens is 1. The van der Waals surface area contributed by atoms with E-state index in [1.54, 1.807) is 6.07 Å². The van der Waals surface area contributed by atoms with Crippen LogP contribution in [0.15, 0.2) is 24.3 Å². The van der Waals surface area contributed by atoms with Crippen LogP contribution in [0.3, 0.4) is 0 Å². The van der Waals surface area contributed by atoms with Gasteiger partial charge in [0.2, 0.25) is 5.91 Å². The molecule has 4 heteroatoms. The van der Waals surface area contributed by atoms with Gasteiger partial charge in [0.15, 0.2) is 0 Å². The minimum absolute atomic E-state index is 0.0157. The summed E-state index contributed by atoms with van der Waals surface area (Å²) >= 11 is 0. The third kappa shape index (κ3) is 1.42. The Labute approximate surface area is 86.1 Å². The number of hydrogen-bond acceptors (Lipinski definition) is 2. The molecule has 1 aromatic rings. The van der Waals surface area contributed by atoms with Gasteiger partial charge in [-0.2, -0.15) is 0 Å². The Bertz CT molecular complexity index is 434. The molecule has 0 radical (unpaired) electrons. The molecule has 78 valence electrons. The van der Waals surface area contributed by atoms with E-state index in [9.17, 15) is 14.0 Å². The highest BCUT2D eigenvalue weighted by atomic mass is 19.1. The summed E-state index contributed by atoms with van der Waals surface area (Å²) in [6.45, 7) is 0. The van der Waals surface area contributed by atoms with Crippen LogP contribution in [0.4, 0.5) is 4.39 Å². The first-order valence-electron chi connectivity index (χ1n) is 4.62. The van der Waals surface area contributed by atoms with E-state index in [0.29, 0.717) is 5.56 Å². The number of carbonyl (C=O) groups is 2. The fraction of sp³-hybridized carbons (Fsp3) is 0.273. The van der Waals surface area contributed by atoms with E-state index >= 15 is 0 Å². The van der Waals surface area contributed by atoms with Crippen molar-refractivity contribution in [1.29, 1.82) is 0 Å². The van der Waals surface area contributed by atoms with E-state index in [2.05, 4.69) is 0 Å². The summed E-state index contributed by atoms with van der Waals surface area (Å²) in [6, 6.07) is 5.69. The molecule has 0 aromatic heterocycles. The number of carbonyl (C=O) groups excluding carboxylic acids is 2. The Hall–Kier alpha value is -1.71. The Balaban J connectivity index is 2.43. The third-order valence-electron chi connectivity index (χ3n) is 2.85. The van der Waals surface area contributed by atoms with Crippen molar-refractivity contribution in [2.75, 3.05) is 0 Å². The lowest BCUT2D eigenvalue weighted by atomic mass is 9.63. The predicted octanol–water partition coefficient (Wildman–Crippen LogP) is 0.912. The summed E-state index contributed by atoms with van der Waals surface area (Å²) in [4.78, 5) is 22.3. The Morgan fingerprint density at radius 1 is 1.40 bits per heavy atom. The number of rotatable bonds is 2. The Morgan fingerprint density at radius 2 is 2.07 bits per heavy atom. The quantitative estimate of drug-likeness (QED) is 0.783. The zero-order chi connectivity index (χ0) is 11.1. The van der Waals surface area contributed by atoms with Crippen LogP contribution in [0, 0.1) is 5.82 Å². The molecule has 0 heterocycles. The third-order valence-corrected chi connectivity index (χ3v) is 2.85. The molecule has 1 amide bonds. The van der Waals surface area contributed by atoms with Crippen molar-refractivity contribution in [2.45, 2.75) is 18.3 Å². The maximum absolute atomic E-state index is 13.0. The van der Waals surface area contributed by atoms with Crippen LogP contribution in [0.1, 0.15) is 18.4 Å². The normalized spacial score (nSPS) is 18.3. The van der Waals surface area contributed by atoms with Crippen molar-refractivity contribution in [2.24, 2.45) is 5.73 Å². The molecule has 1 fully saturated rings. The summed E-state index contributed by atoms with van der Waals surface area (Å²) in [6.07, 6.45) is 0.178. The van der Waals surface area contributed by atoms with Crippen LogP contribution in [-0.2, 0) is 15.0 Å². The summed E-state index contributed by atoms with van der Waals surface area (Å²) in [5.41, 5.74) is 4.79. The first kappa shape index (κ1) is 9.83. The van der Waals surface area contributed by atoms with E-state index in [0.717, 1.165) is 0 Å². The lowest BCUT2D eigenvalue weighted by Crippen LogP contribution is -2.51. The number of amides is 1. The fourth-order valence-corrected chi connectivity index (χ4v) is 1.93. The number of benzene rings is 1. The molecule has 0 atom stereocenters. The zero-order valence-corrected chi connectivity index (χ0v) is 8.00. The lowest BCUT2D eigenvalue weighted by molar-refractivity contribution is -0.139. The molecule has 0 saturated heterocycles. The van der Waals surface area contributed by atoms with Gasteiger partial charge >= 0.3 is 0 Å².